The van der Waals surface area contributed by atoms with E-state index in [-0.39, 0.29) is 18.6 Å². The van der Waals surface area contributed by atoms with Gasteiger partial charge in [-0.1, -0.05) is 42.5 Å². The van der Waals surface area contributed by atoms with Crippen LogP contribution in [-0.2, 0) is 36.8 Å². The summed E-state index contributed by atoms with van der Waals surface area (Å²) in [6.45, 7) is -0.0715. The number of nitrogens with two attached hydrogens (primary N) is 2. The van der Waals surface area contributed by atoms with Gasteiger partial charge in [0.2, 0.25) is 29.5 Å². The van der Waals surface area contributed by atoms with Crippen LogP contribution < -0.4 is 27.4 Å². The van der Waals surface area contributed by atoms with Crippen molar-refractivity contribution in [3.05, 3.63) is 65.7 Å². The number of phenolic OH excluding ortho intramolecular Hbond substituents is 1. The fourth-order valence-electron chi connectivity index (χ4n) is 4.87. The number of carbonyl (C=O) groups is 5. The summed E-state index contributed by atoms with van der Waals surface area (Å²) < 4.78 is 0. The number of aromatic hydroxyl groups is 1. The highest BCUT2D eigenvalue weighted by atomic mass is 32.2. The summed E-state index contributed by atoms with van der Waals surface area (Å²) in [5.41, 5.74) is 13.1. The number of nitrogens with one attached hydrogen (secondary N) is 3. The SMILES string of the molecule is CSCC[C@H](NC(=O)[C@@H](N)Cc1ccc(O)cc1)C(=O)NCC(=O)N[C@@H](Cc1ccccc1)C(=O)N1CCC[C@H]1C(N)=O. The molecule has 0 aliphatic carbocycles. The molecule has 1 fully saturated rings. The van der Waals surface area contributed by atoms with Crippen molar-refractivity contribution in [3.8, 4) is 5.75 Å². The molecule has 0 unspecified atom stereocenters. The number of hydrogen-bond acceptors (Lipinski definition) is 8. The van der Waals surface area contributed by atoms with Gasteiger partial charge in [-0.25, -0.2) is 0 Å². The third kappa shape index (κ3) is 10.3. The Labute approximate surface area is 255 Å². The smallest absolute Gasteiger partial charge is 0.246 e. The summed E-state index contributed by atoms with van der Waals surface area (Å²) in [4.78, 5) is 65.5. The lowest BCUT2D eigenvalue weighted by molar-refractivity contribution is -0.140. The molecular formula is C30H40N6O6S. The molecule has 13 heteroatoms. The van der Waals surface area contributed by atoms with Crippen LogP contribution in [0.2, 0.25) is 0 Å². The minimum Gasteiger partial charge on any atom is -0.508 e. The number of rotatable bonds is 15. The lowest BCUT2D eigenvalue weighted by Crippen LogP contribution is -2.56. The van der Waals surface area contributed by atoms with E-state index in [9.17, 15) is 29.1 Å². The monoisotopic (exact) mass is 612 g/mol. The Kier molecular flexibility index (Phi) is 12.8. The van der Waals surface area contributed by atoms with Crippen LogP contribution in [0.25, 0.3) is 0 Å². The number of hydrogen-bond donors (Lipinski definition) is 6. The summed E-state index contributed by atoms with van der Waals surface area (Å²) in [6, 6.07) is 11.9. The molecule has 1 saturated heterocycles. The standard InChI is InChI=1S/C30H40N6O6S/c1-43-15-13-23(35-28(40)22(31)16-20-9-11-21(37)12-10-20)29(41)33-18-26(38)34-24(17-19-6-3-2-4-7-19)30(42)36-14-5-8-25(36)27(32)39/h2-4,6-7,9-12,22-25,37H,5,8,13-18,31H2,1H3,(H2,32,39)(H,33,41)(H,34,38)(H,35,40)/t22-,23-,24-,25-/m0/s1. The topological polar surface area (TPSA) is 197 Å². The normalized spacial score (nSPS) is 16.5. The first-order valence-corrected chi connectivity index (χ1v) is 15.5. The lowest BCUT2D eigenvalue weighted by Gasteiger charge is -2.28. The molecule has 0 radical (unpaired) electrons. The fraction of sp³-hybridized carbons (Fsp3) is 0.433. The van der Waals surface area contributed by atoms with E-state index >= 15 is 0 Å². The van der Waals surface area contributed by atoms with Crippen LogP contribution in [0.5, 0.6) is 5.75 Å². The van der Waals surface area contributed by atoms with Crippen molar-refractivity contribution < 1.29 is 29.1 Å². The fourth-order valence-corrected chi connectivity index (χ4v) is 5.35. The Hall–Kier alpha value is -4.10. The van der Waals surface area contributed by atoms with Crippen molar-refractivity contribution >= 4 is 41.3 Å². The molecule has 3 rings (SSSR count). The molecule has 2 aromatic carbocycles. The average Bonchev–Trinajstić information content (AvgIpc) is 3.49. The second kappa shape index (κ2) is 16.5. The molecule has 43 heavy (non-hydrogen) atoms. The molecule has 5 amide bonds. The Morgan fingerprint density at radius 1 is 0.953 bits per heavy atom. The van der Waals surface area contributed by atoms with Gasteiger partial charge in [-0.3, -0.25) is 24.0 Å². The Morgan fingerprint density at radius 2 is 1.63 bits per heavy atom. The molecule has 0 saturated carbocycles. The van der Waals surface area contributed by atoms with Crippen molar-refractivity contribution in [2.45, 2.75) is 56.3 Å². The number of carbonyl (C=O) groups excluding carboxylic acids is 5. The molecule has 1 aliphatic rings. The number of thioether (sulfide) groups is 1. The molecule has 232 valence electrons. The van der Waals surface area contributed by atoms with Crippen molar-refractivity contribution in [1.29, 1.82) is 0 Å². The number of phenols is 1. The maximum absolute atomic E-state index is 13.4. The predicted molar refractivity (Wildman–Crippen MR) is 164 cm³/mol. The van der Waals surface area contributed by atoms with Crippen LogP contribution >= 0.6 is 11.8 Å². The molecule has 1 heterocycles. The molecule has 0 spiro atoms. The van der Waals surface area contributed by atoms with Gasteiger partial charge in [0.25, 0.3) is 0 Å². The maximum Gasteiger partial charge on any atom is 0.246 e. The summed E-state index contributed by atoms with van der Waals surface area (Å²) in [5.74, 6) is -2.03. The van der Waals surface area contributed by atoms with E-state index in [1.807, 2.05) is 36.6 Å². The van der Waals surface area contributed by atoms with Gasteiger partial charge in [-0.05, 0) is 61.0 Å². The quantitative estimate of drug-likeness (QED) is 0.159. The van der Waals surface area contributed by atoms with Gasteiger partial charge in [0.1, 0.15) is 23.9 Å². The first-order valence-electron chi connectivity index (χ1n) is 14.1. The number of likely N-dealkylation sites (tertiary alicyclic amines) is 1. The summed E-state index contributed by atoms with van der Waals surface area (Å²) in [7, 11) is 0. The van der Waals surface area contributed by atoms with Crippen molar-refractivity contribution in [2.24, 2.45) is 11.5 Å². The van der Waals surface area contributed by atoms with Gasteiger partial charge in [-0.15, -0.1) is 0 Å². The van der Waals surface area contributed by atoms with Crippen LogP contribution in [0.1, 0.15) is 30.4 Å². The predicted octanol–water partition coefficient (Wildman–Crippen LogP) is -0.180. The van der Waals surface area contributed by atoms with Crippen LogP contribution in [0, 0.1) is 0 Å². The minimum absolute atomic E-state index is 0.0984. The largest absolute Gasteiger partial charge is 0.508 e. The molecule has 1 aliphatic heterocycles. The molecule has 12 nitrogen and oxygen atoms in total. The van der Waals surface area contributed by atoms with Crippen LogP contribution in [0.3, 0.4) is 0 Å². The summed E-state index contributed by atoms with van der Waals surface area (Å²) in [5, 5.41) is 17.4. The van der Waals surface area contributed by atoms with Crippen LogP contribution in [0.4, 0.5) is 0 Å². The zero-order valence-electron chi connectivity index (χ0n) is 24.2. The van der Waals surface area contributed by atoms with E-state index in [4.69, 9.17) is 11.5 Å². The Bertz CT molecular complexity index is 1260. The van der Waals surface area contributed by atoms with E-state index in [1.165, 1.54) is 28.8 Å². The number of primary amides is 1. The summed E-state index contributed by atoms with van der Waals surface area (Å²) in [6.07, 6.45) is 3.66. The van der Waals surface area contributed by atoms with Gasteiger partial charge in [0.15, 0.2) is 0 Å². The molecule has 4 atom stereocenters. The van der Waals surface area contributed by atoms with E-state index in [0.717, 1.165) is 11.1 Å². The molecule has 0 aromatic heterocycles. The van der Waals surface area contributed by atoms with E-state index < -0.39 is 60.2 Å². The second-order valence-corrected chi connectivity index (χ2v) is 11.4. The highest BCUT2D eigenvalue weighted by molar-refractivity contribution is 7.98. The van der Waals surface area contributed by atoms with Gasteiger partial charge in [0.05, 0.1) is 12.6 Å². The second-order valence-electron chi connectivity index (χ2n) is 10.4. The Morgan fingerprint density at radius 3 is 2.28 bits per heavy atom. The van der Waals surface area contributed by atoms with Crippen molar-refractivity contribution in [3.63, 3.8) is 0 Å². The van der Waals surface area contributed by atoms with Gasteiger partial charge in [0, 0.05) is 13.0 Å². The maximum atomic E-state index is 13.4. The van der Waals surface area contributed by atoms with Gasteiger partial charge in [-0.2, -0.15) is 11.8 Å². The Balaban J connectivity index is 1.61. The molecule has 8 N–H and O–H groups in total. The van der Waals surface area contributed by atoms with Gasteiger partial charge >= 0.3 is 0 Å². The average molecular weight is 613 g/mol. The zero-order valence-corrected chi connectivity index (χ0v) is 25.0. The van der Waals surface area contributed by atoms with E-state index in [2.05, 4.69) is 16.0 Å². The number of benzene rings is 2. The molecule has 2 aromatic rings. The first-order chi connectivity index (χ1) is 20.6. The number of nitrogens with zero attached hydrogens (tertiary/aromatic N) is 1. The third-order valence-electron chi connectivity index (χ3n) is 7.18. The molecule has 0 bridgehead atoms. The molecular weight excluding hydrogens is 572 g/mol. The van der Waals surface area contributed by atoms with Crippen molar-refractivity contribution in [1.82, 2.24) is 20.9 Å². The third-order valence-corrected chi connectivity index (χ3v) is 7.82. The zero-order chi connectivity index (χ0) is 31.4. The van der Waals surface area contributed by atoms with Crippen LogP contribution in [0.15, 0.2) is 54.6 Å². The highest BCUT2D eigenvalue weighted by Gasteiger charge is 2.36. The van der Waals surface area contributed by atoms with Crippen LogP contribution in [-0.4, -0.2) is 88.8 Å². The number of amides is 5. The lowest BCUT2D eigenvalue weighted by atomic mass is 10.0. The van der Waals surface area contributed by atoms with E-state index in [1.54, 1.807) is 12.1 Å². The minimum atomic E-state index is -0.975. The summed E-state index contributed by atoms with van der Waals surface area (Å²) >= 11 is 1.50. The highest BCUT2D eigenvalue weighted by Crippen LogP contribution is 2.19. The first kappa shape index (κ1) is 33.4. The van der Waals surface area contributed by atoms with E-state index in [0.29, 0.717) is 31.6 Å². The van der Waals surface area contributed by atoms with Crippen molar-refractivity contribution in [2.75, 3.05) is 25.1 Å². The van der Waals surface area contributed by atoms with Gasteiger partial charge < -0.3 is 37.4 Å².